The van der Waals surface area contributed by atoms with E-state index in [9.17, 15) is 108 Å². The molecule has 0 unspecified atom stereocenters. The van der Waals surface area contributed by atoms with Crippen LogP contribution in [-0.4, -0.2) is 363 Å². The Morgan fingerprint density at radius 3 is 0.582 bits per heavy atom. The Balaban J connectivity index is 1.09. The third-order valence-corrected chi connectivity index (χ3v) is 15.0. The molecule has 0 radical (unpaired) electrons. The summed E-state index contributed by atoms with van der Waals surface area (Å²) in [6.07, 6.45) is -68.4. The molecule has 79 heavy (non-hydrogen) atoms. The maximum atomic E-state index is 11.6. The van der Waals surface area contributed by atoms with Gasteiger partial charge < -0.3 is 168 Å². The van der Waals surface area contributed by atoms with E-state index >= 15 is 0 Å². The molecule has 15 aliphatic rings. The summed E-state index contributed by atoms with van der Waals surface area (Å²) in [6, 6.07) is -1.93. The molecule has 15 heterocycles. The average Bonchev–Trinajstić information content (AvgIpc) is 3.60. The zero-order valence-electron chi connectivity index (χ0n) is 41.2. The number of ether oxygens (including phenoxy) is 14. The summed E-state index contributed by atoms with van der Waals surface area (Å²) in [4.78, 5) is 2.67. The number of rotatable bonds is 8. The molecule has 0 amide bonds. The molecule has 456 valence electrons. The van der Waals surface area contributed by atoms with Crippen molar-refractivity contribution in [2.75, 3.05) is 46.2 Å². The van der Waals surface area contributed by atoms with E-state index in [2.05, 4.69) is 10.0 Å². The lowest BCUT2D eigenvalue weighted by Crippen LogP contribution is -2.68. The normalized spacial score (nSPS) is 54.1. The Morgan fingerprint density at radius 2 is 0.405 bits per heavy atom. The van der Waals surface area contributed by atoms with Crippen LogP contribution >= 0.6 is 0 Å². The van der Waals surface area contributed by atoms with Gasteiger partial charge in [-0.15, -0.1) is 0 Å². The van der Waals surface area contributed by atoms with Crippen LogP contribution < -0.4 is 0 Å². The molecule has 0 aromatic rings. The van der Waals surface area contributed by atoms with E-state index in [1.165, 1.54) is 0 Å². The summed E-state index contributed by atoms with van der Waals surface area (Å²) in [5, 5.41) is 224. The van der Waals surface area contributed by atoms with Gasteiger partial charge in [-0.2, -0.15) is 0 Å². The Labute approximate surface area is 444 Å². The second kappa shape index (κ2) is 26.9. The summed E-state index contributed by atoms with van der Waals surface area (Å²) in [5.74, 6) is 0. The molecule has 0 aromatic carbocycles. The van der Waals surface area contributed by atoms with Gasteiger partial charge >= 0.3 is 0 Å². The van der Waals surface area contributed by atoms with Crippen molar-refractivity contribution in [3.8, 4) is 0 Å². The smallest absolute Gasteiger partial charge is 0.187 e. The van der Waals surface area contributed by atoms with E-state index in [1.54, 1.807) is 0 Å². The van der Waals surface area contributed by atoms with Crippen molar-refractivity contribution in [2.24, 2.45) is 5.11 Å². The summed E-state index contributed by atoms with van der Waals surface area (Å²) in [7, 11) is 0. The van der Waals surface area contributed by atoms with Crippen molar-refractivity contribution in [1.82, 2.24) is 0 Å². The predicted octanol–water partition coefficient (Wildman–Crippen LogP) is -13.9. The highest BCUT2D eigenvalue weighted by Gasteiger charge is 2.59. The van der Waals surface area contributed by atoms with Gasteiger partial charge in [0, 0.05) is 4.91 Å². The first-order valence-electron chi connectivity index (χ1n) is 25.0. The zero-order chi connectivity index (χ0) is 57.5. The molecule has 0 saturated carbocycles. The zero-order valence-corrected chi connectivity index (χ0v) is 41.2. The largest absolute Gasteiger partial charge is 0.394 e. The van der Waals surface area contributed by atoms with Crippen LogP contribution in [0.2, 0.25) is 0 Å². The van der Waals surface area contributed by atoms with E-state index < -0.39 is 261 Å². The van der Waals surface area contributed by atoms with Crippen molar-refractivity contribution in [3.05, 3.63) is 10.4 Å². The highest BCUT2D eigenvalue weighted by molar-refractivity contribution is 5.02. The molecular weight excluding hydrogens is 1090 g/mol. The predicted molar refractivity (Wildman–Crippen MR) is 235 cm³/mol. The first kappa shape index (κ1) is 63.0. The topological polar surface area (TPSA) is 583 Å². The third kappa shape index (κ3) is 12.4. The van der Waals surface area contributed by atoms with Crippen LogP contribution in [0.3, 0.4) is 0 Å². The monoisotopic (exact) mass is 1160 g/mol. The van der Waals surface area contributed by atoms with E-state index in [0.717, 1.165) is 0 Å². The minimum absolute atomic E-state index is 1.05. The molecule has 15 fully saturated rings. The summed E-state index contributed by atoms with van der Waals surface area (Å²) >= 11 is 0. The van der Waals surface area contributed by atoms with E-state index in [0.29, 0.717) is 0 Å². The molecule has 14 bridgehead atoms. The molecule has 37 nitrogen and oxygen atoms in total. The van der Waals surface area contributed by atoms with Gasteiger partial charge in [0.1, 0.15) is 165 Å². The number of fused-ring (bicyclic) bond motifs is 7. The number of aliphatic hydroxyl groups excluding tert-OH is 20. The van der Waals surface area contributed by atoms with Gasteiger partial charge in [-0.3, -0.25) is 0 Å². The lowest BCUT2D eigenvalue weighted by molar-refractivity contribution is -0.396. The van der Waals surface area contributed by atoms with Gasteiger partial charge in [0.15, 0.2) is 44.0 Å². The maximum absolute atomic E-state index is 11.6. The van der Waals surface area contributed by atoms with Crippen LogP contribution in [0.4, 0.5) is 0 Å². The standard InChI is InChI=1S/C42H69N3O34/c43-45-44-15-16(53)29-8(1-46)66-36(15)73-30-9(2-47)67-38(23(60)17(30)54)75-32-11(4-49)69-40(25(62)19(32)56)77-34-13(6-51)71-42(27(64)21(34)58)79-35-14(7-52)72-41(28(65)22(35)59)78-33-12(5-50)70-39(26(63)20(33)57)76-31-10(3-48)68-37(74-29)24(61)18(31)55/h8-42,46-65H,1-7H2/t8-,9-,10-,11-,12-,13-,14-,15-,16-,17-,18-,19-,20-,21-,22-,23-,24-,25-,26-,27-,28-,29-,30-,31-,32-,33-,34-,35-,36-,37-,38-,39-,40-,41-,42-/m1/s1. The van der Waals surface area contributed by atoms with Crippen LogP contribution in [0.1, 0.15) is 0 Å². The van der Waals surface area contributed by atoms with Crippen molar-refractivity contribution in [1.29, 1.82) is 0 Å². The van der Waals surface area contributed by atoms with Crippen molar-refractivity contribution in [2.45, 2.75) is 215 Å². The van der Waals surface area contributed by atoms with Crippen LogP contribution in [0, 0.1) is 0 Å². The molecule has 0 aromatic heterocycles. The van der Waals surface area contributed by atoms with E-state index in [4.69, 9.17) is 66.3 Å². The number of hydrogen-bond donors (Lipinski definition) is 20. The third-order valence-electron chi connectivity index (χ3n) is 15.0. The molecule has 15 saturated heterocycles. The summed E-state index contributed by atoms with van der Waals surface area (Å²) in [6.45, 7) is -7.41. The van der Waals surface area contributed by atoms with Gasteiger partial charge in [0.25, 0.3) is 0 Å². The fourth-order valence-corrected chi connectivity index (χ4v) is 10.6. The maximum Gasteiger partial charge on any atom is 0.187 e. The fraction of sp³-hybridized carbons (Fsp3) is 1.00. The quantitative estimate of drug-likeness (QED) is 0.0610. The molecule has 37 heteroatoms. The minimum Gasteiger partial charge on any atom is -0.394 e. The van der Waals surface area contributed by atoms with Gasteiger partial charge in [-0.1, -0.05) is 5.11 Å². The molecular formula is C42H69N3O34. The lowest BCUT2D eigenvalue weighted by Gasteiger charge is -2.50. The average molecular weight is 1160 g/mol. The van der Waals surface area contributed by atoms with E-state index in [-0.39, 0.29) is 0 Å². The molecule has 0 spiro atoms. The number of azide groups is 1. The van der Waals surface area contributed by atoms with Crippen molar-refractivity contribution in [3.63, 3.8) is 0 Å². The molecule has 15 aliphatic heterocycles. The lowest BCUT2D eigenvalue weighted by atomic mass is 9.94. The highest BCUT2D eigenvalue weighted by atomic mass is 16.8. The molecule has 0 aliphatic carbocycles. The van der Waals surface area contributed by atoms with Gasteiger partial charge in [0.05, 0.1) is 52.4 Å². The first-order valence-corrected chi connectivity index (χ1v) is 25.0. The van der Waals surface area contributed by atoms with Crippen LogP contribution in [0.5, 0.6) is 0 Å². The van der Waals surface area contributed by atoms with Gasteiger partial charge in [-0.05, 0) is 5.53 Å². The number of aliphatic hydroxyl groups is 20. The minimum atomic E-state index is -2.23. The van der Waals surface area contributed by atoms with Crippen molar-refractivity contribution < 1.29 is 168 Å². The van der Waals surface area contributed by atoms with Gasteiger partial charge in [0.2, 0.25) is 0 Å². The Morgan fingerprint density at radius 1 is 0.241 bits per heavy atom. The van der Waals surface area contributed by atoms with E-state index in [1.807, 2.05) is 0 Å². The molecule has 35 atom stereocenters. The molecule has 15 rings (SSSR count). The molecule has 20 N–H and O–H groups in total. The first-order chi connectivity index (χ1) is 37.7. The fourth-order valence-electron chi connectivity index (χ4n) is 10.6. The van der Waals surface area contributed by atoms with Crippen molar-refractivity contribution >= 4 is 0 Å². The Kier molecular flexibility index (Phi) is 21.4. The second-order valence-corrected chi connectivity index (χ2v) is 19.9. The Bertz CT molecular complexity index is 1970. The van der Waals surface area contributed by atoms with Crippen LogP contribution in [0.15, 0.2) is 5.11 Å². The summed E-state index contributed by atoms with van der Waals surface area (Å²) in [5.41, 5.74) is 9.53. The second-order valence-electron chi connectivity index (χ2n) is 19.9. The number of hydrogen-bond acceptors (Lipinski definition) is 35. The van der Waals surface area contributed by atoms with Gasteiger partial charge in [-0.25, -0.2) is 0 Å². The van der Waals surface area contributed by atoms with Crippen LogP contribution in [0.25, 0.3) is 10.4 Å². The van der Waals surface area contributed by atoms with Crippen LogP contribution in [-0.2, 0) is 66.3 Å². The summed E-state index contributed by atoms with van der Waals surface area (Å²) < 4.78 is 80.0. The SMILES string of the molecule is [N-]=[N+]=N[C@H]1[C@H]2O[C@H]3[C@H](O)[C@@H](O)[C@@H](O[C@H]4[C@H](O)[C@@H](O)[C@@H](O[C@H]5[C@H](O)[C@@H](O)[C@@H](O[C@H]6[C@H](O)[C@@H](O)[C@@H](O[C@H]7[C@H](O)[C@@H](O)[C@@H](O[C@H]8[C@H](O)[C@@H](O)[C@@H](O[C@@H]([C@@H]1O)[C@@H](CO)O2)O[C@@H]8CO)O[C@@H]7CO)O[C@@H]6CO)O[C@@H]5CO)O[C@@H]4CO)O[C@@H]3CO. The Hall–Kier alpha value is -2.05. The number of nitrogens with zero attached hydrogens (tertiary/aromatic N) is 3. The highest BCUT2D eigenvalue weighted by Crippen LogP contribution is 2.39.